The zero-order chi connectivity index (χ0) is 24.0. The van der Waals surface area contributed by atoms with Gasteiger partial charge in [0.1, 0.15) is 11.5 Å². The van der Waals surface area contributed by atoms with Crippen molar-refractivity contribution in [3.63, 3.8) is 0 Å². The second kappa shape index (κ2) is 7.82. The third kappa shape index (κ3) is 4.37. The molecule has 0 saturated heterocycles. The van der Waals surface area contributed by atoms with Gasteiger partial charge in [-0.1, -0.05) is 41.5 Å². The summed E-state index contributed by atoms with van der Waals surface area (Å²) in [5.41, 5.74) is 8.14. The largest absolute Gasteiger partial charge is 0.507 e. The van der Waals surface area contributed by atoms with Crippen molar-refractivity contribution in [2.45, 2.75) is 52.4 Å². The zero-order valence-corrected chi connectivity index (χ0v) is 19.1. The number of hydrogen-bond donors (Lipinski definition) is 2. The van der Waals surface area contributed by atoms with Crippen molar-refractivity contribution in [3.8, 4) is 28.2 Å². The Morgan fingerprint density at radius 3 is 1.84 bits per heavy atom. The number of rotatable bonds is 4. The minimum absolute atomic E-state index is 0.0104. The number of carbonyl (C=O) groups is 1. The molecule has 3 aromatic rings. The van der Waals surface area contributed by atoms with Crippen molar-refractivity contribution in [2.75, 3.05) is 0 Å². The van der Waals surface area contributed by atoms with E-state index in [4.69, 9.17) is 10.2 Å². The third-order valence-corrected chi connectivity index (χ3v) is 5.36. The second-order valence-corrected chi connectivity index (χ2v) is 9.94. The summed E-state index contributed by atoms with van der Waals surface area (Å²) in [6, 6.07) is 11.3. The standard InChI is InChI=1S/C25H28N2O5/c1-24(2,3)18-11-15(12-19(21(18)28)25(4,5)6)17-13-20(32-22(17)23(26)29)14-7-9-16(10-8-14)27(30)31/h7-13,28H,1-6H3,(H2,26,29). The van der Waals surface area contributed by atoms with Crippen LogP contribution in [-0.2, 0) is 10.8 Å². The molecule has 0 saturated carbocycles. The lowest BCUT2D eigenvalue weighted by Gasteiger charge is -2.28. The van der Waals surface area contributed by atoms with E-state index in [-0.39, 0.29) is 28.0 Å². The van der Waals surface area contributed by atoms with Gasteiger partial charge in [-0.15, -0.1) is 0 Å². The number of amides is 1. The van der Waals surface area contributed by atoms with Crippen LogP contribution in [0.15, 0.2) is 46.9 Å². The van der Waals surface area contributed by atoms with Crippen LogP contribution < -0.4 is 5.73 Å². The fourth-order valence-electron chi connectivity index (χ4n) is 3.61. The summed E-state index contributed by atoms with van der Waals surface area (Å²) < 4.78 is 5.79. The molecule has 7 heteroatoms. The van der Waals surface area contributed by atoms with Gasteiger partial charge in [-0.2, -0.15) is 0 Å². The first-order valence-corrected chi connectivity index (χ1v) is 10.3. The van der Waals surface area contributed by atoms with Gasteiger partial charge < -0.3 is 15.3 Å². The molecule has 0 aliphatic heterocycles. The van der Waals surface area contributed by atoms with Gasteiger partial charge in [-0.25, -0.2) is 0 Å². The molecule has 0 unspecified atom stereocenters. The van der Waals surface area contributed by atoms with Gasteiger partial charge in [-0.05, 0) is 46.7 Å². The Hall–Kier alpha value is -3.61. The summed E-state index contributed by atoms with van der Waals surface area (Å²) in [7, 11) is 0. The number of phenols is 1. The lowest BCUT2D eigenvalue weighted by atomic mass is 9.77. The van der Waals surface area contributed by atoms with E-state index in [2.05, 4.69) is 0 Å². The van der Waals surface area contributed by atoms with Crippen LogP contribution >= 0.6 is 0 Å². The van der Waals surface area contributed by atoms with Crippen molar-refractivity contribution in [2.24, 2.45) is 5.73 Å². The van der Waals surface area contributed by atoms with E-state index in [9.17, 15) is 20.0 Å². The van der Waals surface area contributed by atoms with Gasteiger partial charge in [-0.3, -0.25) is 14.9 Å². The average Bonchev–Trinajstić information content (AvgIpc) is 3.12. The number of hydrogen-bond acceptors (Lipinski definition) is 5. The summed E-state index contributed by atoms with van der Waals surface area (Å²) in [4.78, 5) is 22.7. The van der Waals surface area contributed by atoms with Crippen LogP contribution in [0.2, 0.25) is 0 Å². The molecule has 0 atom stereocenters. The number of nitrogens with zero attached hydrogens (tertiary/aromatic N) is 1. The van der Waals surface area contributed by atoms with Gasteiger partial charge >= 0.3 is 0 Å². The molecule has 0 spiro atoms. The molecule has 1 heterocycles. The molecule has 168 valence electrons. The quantitative estimate of drug-likeness (QED) is 0.388. The van der Waals surface area contributed by atoms with Crippen molar-refractivity contribution in [1.29, 1.82) is 0 Å². The molecule has 2 aromatic carbocycles. The predicted octanol–water partition coefficient (Wildman–Crippen LogP) is 5.92. The molecule has 0 radical (unpaired) electrons. The molecular weight excluding hydrogens is 408 g/mol. The van der Waals surface area contributed by atoms with Gasteiger partial charge in [0, 0.05) is 34.4 Å². The topological polar surface area (TPSA) is 120 Å². The number of aromatic hydroxyl groups is 1. The number of primary amides is 1. The van der Waals surface area contributed by atoms with E-state index in [1.807, 2.05) is 53.7 Å². The molecule has 32 heavy (non-hydrogen) atoms. The predicted molar refractivity (Wildman–Crippen MR) is 124 cm³/mol. The highest BCUT2D eigenvalue weighted by atomic mass is 16.6. The van der Waals surface area contributed by atoms with Gasteiger partial charge in [0.25, 0.3) is 11.6 Å². The summed E-state index contributed by atoms with van der Waals surface area (Å²) in [5, 5.41) is 21.9. The summed E-state index contributed by atoms with van der Waals surface area (Å²) in [6.45, 7) is 12.0. The average molecular weight is 437 g/mol. The normalized spacial score (nSPS) is 12.1. The number of phenolic OH excluding ortho intramolecular Hbond substituents is 1. The Morgan fingerprint density at radius 2 is 1.44 bits per heavy atom. The molecule has 1 aromatic heterocycles. The Bertz CT molecular complexity index is 1160. The Kier molecular flexibility index (Phi) is 5.64. The number of nitrogens with two attached hydrogens (primary N) is 1. The fourth-order valence-corrected chi connectivity index (χ4v) is 3.61. The first kappa shape index (κ1) is 23.1. The number of carbonyl (C=O) groups excluding carboxylic acids is 1. The molecule has 1 amide bonds. The van der Waals surface area contributed by atoms with Crippen LogP contribution in [0.3, 0.4) is 0 Å². The minimum atomic E-state index is -0.726. The maximum absolute atomic E-state index is 12.2. The van der Waals surface area contributed by atoms with E-state index in [0.29, 0.717) is 22.5 Å². The molecule has 0 bridgehead atoms. The minimum Gasteiger partial charge on any atom is -0.507 e. The number of non-ortho nitro benzene ring substituents is 1. The van der Waals surface area contributed by atoms with E-state index in [1.165, 1.54) is 12.1 Å². The lowest BCUT2D eigenvalue weighted by Crippen LogP contribution is -2.17. The maximum atomic E-state index is 12.2. The molecule has 7 nitrogen and oxygen atoms in total. The Morgan fingerprint density at radius 1 is 0.938 bits per heavy atom. The van der Waals surface area contributed by atoms with Gasteiger partial charge in [0.2, 0.25) is 0 Å². The van der Waals surface area contributed by atoms with Crippen molar-refractivity contribution in [3.05, 3.63) is 69.5 Å². The highest BCUT2D eigenvalue weighted by Gasteiger charge is 2.28. The van der Waals surface area contributed by atoms with Crippen LogP contribution in [0.4, 0.5) is 5.69 Å². The van der Waals surface area contributed by atoms with Crippen LogP contribution in [0, 0.1) is 10.1 Å². The molecule has 0 aliphatic rings. The van der Waals surface area contributed by atoms with Crippen LogP contribution in [0.1, 0.15) is 63.2 Å². The van der Waals surface area contributed by atoms with Crippen molar-refractivity contribution in [1.82, 2.24) is 0 Å². The summed E-state index contributed by atoms with van der Waals surface area (Å²) in [5.74, 6) is -0.139. The molecular formula is C25H28N2O5. The maximum Gasteiger partial charge on any atom is 0.285 e. The van der Waals surface area contributed by atoms with Crippen molar-refractivity contribution < 1.29 is 19.2 Å². The molecule has 0 aliphatic carbocycles. The zero-order valence-electron chi connectivity index (χ0n) is 19.1. The number of furan rings is 1. The van der Waals surface area contributed by atoms with Crippen LogP contribution in [-0.4, -0.2) is 15.9 Å². The van der Waals surface area contributed by atoms with Crippen LogP contribution in [0.5, 0.6) is 5.75 Å². The highest BCUT2D eigenvalue weighted by molar-refractivity contribution is 5.98. The van der Waals surface area contributed by atoms with E-state index < -0.39 is 10.8 Å². The van der Waals surface area contributed by atoms with E-state index >= 15 is 0 Å². The lowest BCUT2D eigenvalue weighted by molar-refractivity contribution is -0.384. The Labute approximate surface area is 187 Å². The fraction of sp³-hybridized carbons (Fsp3) is 0.320. The number of nitro groups is 1. The molecule has 3 N–H and O–H groups in total. The first-order valence-electron chi connectivity index (χ1n) is 10.3. The SMILES string of the molecule is CC(C)(C)c1cc(-c2cc(-c3ccc([N+](=O)[O-])cc3)oc2C(N)=O)cc(C(C)(C)C)c1O. The summed E-state index contributed by atoms with van der Waals surface area (Å²) in [6.07, 6.45) is 0. The Balaban J connectivity index is 2.25. The molecule has 0 fully saturated rings. The van der Waals surface area contributed by atoms with E-state index in [0.717, 1.165) is 11.1 Å². The molecule has 3 rings (SSSR count). The van der Waals surface area contributed by atoms with Crippen molar-refractivity contribution >= 4 is 11.6 Å². The van der Waals surface area contributed by atoms with Crippen LogP contribution in [0.25, 0.3) is 22.5 Å². The first-order chi connectivity index (χ1) is 14.7. The number of nitro benzene ring substituents is 1. The summed E-state index contributed by atoms with van der Waals surface area (Å²) >= 11 is 0. The second-order valence-electron chi connectivity index (χ2n) is 9.94. The number of benzene rings is 2. The monoisotopic (exact) mass is 436 g/mol. The van der Waals surface area contributed by atoms with Gasteiger partial charge in [0.05, 0.1) is 4.92 Å². The third-order valence-electron chi connectivity index (χ3n) is 5.36. The van der Waals surface area contributed by atoms with Gasteiger partial charge in [0.15, 0.2) is 5.76 Å². The van der Waals surface area contributed by atoms with E-state index in [1.54, 1.807) is 18.2 Å². The highest BCUT2D eigenvalue weighted by Crippen LogP contribution is 2.43. The smallest absolute Gasteiger partial charge is 0.285 e.